The number of ether oxygens (including phenoxy) is 1. The molecule has 0 radical (unpaired) electrons. The molecule has 20 heavy (non-hydrogen) atoms. The molecule has 2 fully saturated rings. The van der Waals surface area contributed by atoms with Crippen LogP contribution in [0.2, 0.25) is 0 Å². The van der Waals surface area contributed by atoms with Gasteiger partial charge >= 0.3 is 0 Å². The average molecular weight is 343 g/mol. The zero-order valence-electron chi connectivity index (χ0n) is 11.5. The second kappa shape index (κ2) is 5.83. The van der Waals surface area contributed by atoms with Crippen molar-refractivity contribution in [1.82, 2.24) is 14.7 Å². The SMILES string of the molecule is Cn1ncc(NCCN2CC3CCC(C2)O3)c(Br)c1=O. The van der Waals surface area contributed by atoms with Gasteiger partial charge in [-0.25, -0.2) is 4.68 Å². The molecule has 0 saturated carbocycles. The third-order valence-electron chi connectivity index (χ3n) is 3.94. The van der Waals surface area contributed by atoms with E-state index in [1.165, 1.54) is 17.5 Å². The Morgan fingerprint density at radius 3 is 2.85 bits per heavy atom. The fraction of sp³-hybridized carbons (Fsp3) is 0.692. The van der Waals surface area contributed by atoms with Gasteiger partial charge in [-0.15, -0.1) is 0 Å². The minimum atomic E-state index is -0.126. The van der Waals surface area contributed by atoms with Gasteiger partial charge in [0.15, 0.2) is 0 Å². The smallest absolute Gasteiger partial charge is 0.282 e. The summed E-state index contributed by atoms with van der Waals surface area (Å²) in [6.45, 7) is 3.80. The number of aryl methyl sites for hydroxylation is 1. The molecule has 2 aliphatic heterocycles. The highest BCUT2D eigenvalue weighted by Crippen LogP contribution is 2.25. The first-order valence-corrected chi connectivity index (χ1v) is 7.76. The third-order valence-corrected chi connectivity index (χ3v) is 4.71. The molecule has 0 amide bonds. The molecule has 2 unspecified atom stereocenters. The predicted molar refractivity (Wildman–Crippen MR) is 80.0 cm³/mol. The van der Waals surface area contributed by atoms with Gasteiger partial charge < -0.3 is 10.1 Å². The standard InChI is InChI=1S/C13H19BrN4O2/c1-17-13(19)12(14)11(6-16-17)15-4-5-18-7-9-2-3-10(8-18)20-9/h6,9-10,15H,2-5,7-8H2,1H3. The molecule has 6 nitrogen and oxygen atoms in total. The molecule has 110 valence electrons. The monoisotopic (exact) mass is 342 g/mol. The number of aromatic nitrogens is 2. The van der Waals surface area contributed by atoms with Crippen molar-refractivity contribution in [1.29, 1.82) is 0 Å². The van der Waals surface area contributed by atoms with Crippen molar-refractivity contribution >= 4 is 21.6 Å². The molecule has 1 N–H and O–H groups in total. The molecule has 2 saturated heterocycles. The fourth-order valence-corrected chi connectivity index (χ4v) is 3.36. The van der Waals surface area contributed by atoms with Crippen molar-refractivity contribution in [3.63, 3.8) is 0 Å². The van der Waals surface area contributed by atoms with Crippen LogP contribution in [0, 0.1) is 0 Å². The molecule has 7 heteroatoms. The minimum absolute atomic E-state index is 0.126. The maximum atomic E-state index is 11.7. The topological polar surface area (TPSA) is 59.4 Å². The van der Waals surface area contributed by atoms with Crippen LogP contribution < -0.4 is 10.9 Å². The Balaban J connectivity index is 1.53. The van der Waals surface area contributed by atoms with E-state index in [1.54, 1.807) is 13.2 Å². The van der Waals surface area contributed by atoms with Crippen molar-refractivity contribution < 1.29 is 4.74 Å². The molecular weight excluding hydrogens is 324 g/mol. The summed E-state index contributed by atoms with van der Waals surface area (Å²) in [5.74, 6) is 0. The Labute approximate surface area is 126 Å². The van der Waals surface area contributed by atoms with E-state index in [9.17, 15) is 4.79 Å². The van der Waals surface area contributed by atoms with Crippen molar-refractivity contribution in [3.05, 3.63) is 21.0 Å². The number of hydrogen-bond donors (Lipinski definition) is 1. The lowest BCUT2D eigenvalue weighted by Gasteiger charge is -2.32. The first-order chi connectivity index (χ1) is 9.63. The molecule has 0 spiro atoms. The average Bonchev–Trinajstić information content (AvgIpc) is 2.78. The second-order valence-electron chi connectivity index (χ2n) is 5.44. The van der Waals surface area contributed by atoms with E-state index in [4.69, 9.17) is 4.74 Å². The largest absolute Gasteiger partial charge is 0.381 e. The Bertz CT molecular complexity index is 536. The molecule has 3 heterocycles. The van der Waals surface area contributed by atoms with Crippen LogP contribution in [0.3, 0.4) is 0 Å². The van der Waals surface area contributed by atoms with Crippen LogP contribution in [0.15, 0.2) is 15.5 Å². The minimum Gasteiger partial charge on any atom is -0.381 e. The number of likely N-dealkylation sites (tertiary alicyclic amines) is 1. The summed E-state index contributed by atoms with van der Waals surface area (Å²) in [5, 5.41) is 7.29. The first-order valence-electron chi connectivity index (χ1n) is 6.97. The summed E-state index contributed by atoms with van der Waals surface area (Å²) in [6.07, 6.45) is 4.91. The summed E-state index contributed by atoms with van der Waals surface area (Å²) in [7, 11) is 1.64. The molecular formula is C13H19BrN4O2. The summed E-state index contributed by atoms with van der Waals surface area (Å²) in [6, 6.07) is 0. The summed E-state index contributed by atoms with van der Waals surface area (Å²) < 4.78 is 7.67. The summed E-state index contributed by atoms with van der Waals surface area (Å²) in [4.78, 5) is 14.2. The van der Waals surface area contributed by atoms with Crippen molar-refractivity contribution in [3.8, 4) is 0 Å². The number of anilines is 1. The maximum Gasteiger partial charge on any atom is 0.282 e. The Morgan fingerprint density at radius 1 is 1.45 bits per heavy atom. The number of hydrogen-bond acceptors (Lipinski definition) is 5. The van der Waals surface area contributed by atoms with Gasteiger partial charge in [0.05, 0.1) is 24.1 Å². The molecule has 0 aliphatic carbocycles. The van der Waals surface area contributed by atoms with Crippen molar-refractivity contribution in [2.75, 3.05) is 31.5 Å². The Morgan fingerprint density at radius 2 is 2.15 bits per heavy atom. The Hall–Kier alpha value is -0.920. The zero-order chi connectivity index (χ0) is 14.1. The van der Waals surface area contributed by atoms with Gasteiger partial charge in [0.1, 0.15) is 4.47 Å². The first kappa shape index (κ1) is 14.0. The highest BCUT2D eigenvalue weighted by Gasteiger charge is 2.33. The Kier molecular flexibility index (Phi) is 4.09. The van der Waals surface area contributed by atoms with Crippen LogP contribution >= 0.6 is 15.9 Å². The summed E-state index contributed by atoms with van der Waals surface area (Å²) >= 11 is 3.32. The van der Waals surface area contributed by atoms with Gasteiger partial charge in [-0.1, -0.05) is 0 Å². The number of nitrogens with zero attached hydrogens (tertiary/aromatic N) is 3. The second-order valence-corrected chi connectivity index (χ2v) is 6.24. The van der Waals surface area contributed by atoms with Gasteiger partial charge in [0, 0.05) is 33.2 Å². The maximum absolute atomic E-state index is 11.7. The number of rotatable bonds is 4. The van der Waals surface area contributed by atoms with Crippen LogP contribution in [-0.2, 0) is 11.8 Å². The van der Waals surface area contributed by atoms with Gasteiger partial charge in [-0.2, -0.15) is 5.10 Å². The highest BCUT2D eigenvalue weighted by molar-refractivity contribution is 9.10. The number of fused-ring (bicyclic) bond motifs is 2. The lowest BCUT2D eigenvalue weighted by molar-refractivity contribution is -0.0368. The van der Waals surface area contributed by atoms with Gasteiger partial charge in [-0.05, 0) is 28.8 Å². The van der Waals surface area contributed by atoms with E-state index in [1.807, 2.05) is 0 Å². The van der Waals surface area contributed by atoms with Crippen LogP contribution in [0.5, 0.6) is 0 Å². The van der Waals surface area contributed by atoms with Crippen LogP contribution in [0.4, 0.5) is 5.69 Å². The van der Waals surface area contributed by atoms with E-state index in [0.29, 0.717) is 16.7 Å². The third kappa shape index (κ3) is 2.89. The quantitative estimate of drug-likeness (QED) is 0.877. The predicted octanol–water partition coefficient (Wildman–Crippen LogP) is 0.818. The van der Waals surface area contributed by atoms with Crippen LogP contribution in [0.1, 0.15) is 12.8 Å². The fourth-order valence-electron chi connectivity index (χ4n) is 2.86. The molecule has 2 atom stereocenters. The van der Waals surface area contributed by atoms with E-state index in [0.717, 1.165) is 31.9 Å². The van der Waals surface area contributed by atoms with Gasteiger partial charge in [0.2, 0.25) is 0 Å². The normalized spacial score (nSPS) is 25.9. The molecule has 1 aromatic heterocycles. The van der Waals surface area contributed by atoms with E-state index < -0.39 is 0 Å². The molecule has 1 aromatic rings. The zero-order valence-corrected chi connectivity index (χ0v) is 13.1. The molecule has 2 aliphatic rings. The van der Waals surface area contributed by atoms with Crippen molar-refractivity contribution in [2.45, 2.75) is 25.0 Å². The molecule has 3 rings (SSSR count). The van der Waals surface area contributed by atoms with Crippen molar-refractivity contribution in [2.24, 2.45) is 7.05 Å². The number of halogens is 1. The molecule has 0 aromatic carbocycles. The van der Waals surface area contributed by atoms with E-state index in [2.05, 4.69) is 31.2 Å². The summed E-state index contributed by atoms with van der Waals surface area (Å²) in [5.41, 5.74) is 0.628. The van der Waals surface area contributed by atoms with Gasteiger partial charge in [-0.3, -0.25) is 9.69 Å². The number of morpholine rings is 1. The number of nitrogens with one attached hydrogen (secondary N) is 1. The van der Waals surface area contributed by atoms with Gasteiger partial charge in [0.25, 0.3) is 5.56 Å². The van der Waals surface area contributed by atoms with Crippen LogP contribution in [-0.4, -0.2) is 53.1 Å². The lowest BCUT2D eigenvalue weighted by atomic mass is 10.2. The van der Waals surface area contributed by atoms with E-state index >= 15 is 0 Å². The highest BCUT2D eigenvalue weighted by atomic mass is 79.9. The lowest BCUT2D eigenvalue weighted by Crippen LogP contribution is -2.44. The molecule has 2 bridgehead atoms. The van der Waals surface area contributed by atoms with Crippen LogP contribution in [0.25, 0.3) is 0 Å². The van der Waals surface area contributed by atoms with E-state index in [-0.39, 0.29) is 5.56 Å².